The summed E-state index contributed by atoms with van der Waals surface area (Å²) < 4.78 is 39.6. The molecule has 110 valence electrons. The number of rotatable bonds is 3. The van der Waals surface area contributed by atoms with Gasteiger partial charge in [-0.3, -0.25) is 4.79 Å². The van der Waals surface area contributed by atoms with Crippen LogP contribution in [0.1, 0.15) is 13.3 Å². The quantitative estimate of drug-likeness (QED) is 0.919. The number of benzene rings is 1. The zero-order chi connectivity index (χ0) is 14.9. The van der Waals surface area contributed by atoms with E-state index < -0.39 is 32.6 Å². The first-order valence-corrected chi connectivity index (χ1v) is 7.74. The Kier molecular flexibility index (Phi) is 4.10. The van der Waals surface area contributed by atoms with E-state index in [4.69, 9.17) is 5.11 Å². The van der Waals surface area contributed by atoms with Crippen molar-refractivity contribution in [2.75, 3.05) is 13.1 Å². The Morgan fingerprint density at radius 3 is 2.60 bits per heavy atom. The van der Waals surface area contributed by atoms with Crippen LogP contribution in [0.3, 0.4) is 0 Å². The third-order valence-electron chi connectivity index (χ3n) is 3.43. The minimum atomic E-state index is -4.00. The van der Waals surface area contributed by atoms with Gasteiger partial charge >= 0.3 is 5.97 Å². The number of carbonyl (C=O) groups is 1. The molecule has 5 nitrogen and oxygen atoms in total. The summed E-state index contributed by atoms with van der Waals surface area (Å²) in [5.41, 5.74) is 0. The molecule has 2 unspecified atom stereocenters. The Morgan fingerprint density at radius 1 is 1.35 bits per heavy atom. The van der Waals surface area contributed by atoms with Crippen molar-refractivity contribution in [3.63, 3.8) is 0 Å². The molecule has 1 heterocycles. The fourth-order valence-electron chi connectivity index (χ4n) is 2.47. The average molecular weight is 301 g/mol. The lowest BCUT2D eigenvalue weighted by Gasteiger charge is -2.33. The molecule has 0 aromatic heterocycles. The second-order valence-corrected chi connectivity index (χ2v) is 7.03. The molecule has 2 rings (SSSR count). The Hall–Kier alpha value is -1.47. The predicted molar refractivity (Wildman–Crippen MR) is 70.1 cm³/mol. The van der Waals surface area contributed by atoms with Crippen LogP contribution in [0.5, 0.6) is 0 Å². The monoisotopic (exact) mass is 301 g/mol. The van der Waals surface area contributed by atoms with E-state index in [0.29, 0.717) is 6.42 Å². The number of piperidine rings is 1. The molecule has 1 saturated heterocycles. The standard InChI is InChI=1S/C13H16FNO4S/c1-9-6-10(13(16)17)8-15(7-9)20(18,19)12-5-3-2-4-11(12)14/h2-5,9-10H,6-8H2,1H3,(H,16,17). The SMILES string of the molecule is CC1CC(C(=O)O)CN(S(=O)(=O)c2ccccc2F)C1. The number of halogens is 1. The molecule has 1 N–H and O–H groups in total. The fraction of sp³-hybridized carbons (Fsp3) is 0.462. The van der Waals surface area contributed by atoms with Crippen molar-refractivity contribution in [1.29, 1.82) is 0 Å². The van der Waals surface area contributed by atoms with Gasteiger partial charge in [-0.15, -0.1) is 0 Å². The molecular weight excluding hydrogens is 285 g/mol. The van der Waals surface area contributed by atoms with E-state index in [1.54, 1.807) is 6.92 Å². The molecule has 0 saturated carbocycles. The minimum absolute atomic E-state index is 0.0774. The Morgan fingerprint density at radius 2 is 2.00 bits per heavy atom. The number of hydrogen-bond donors (Lipinski definition) is 1. The Bertz CT molecular complexity index is 617. The van der Waals surface area contributed by atoms with E-state index >= 15 is 0 Å². The van der Waals surface area contributed by atoms with Gasteiger partial charge in [0, 0.05) is 13.1 Å². The van der Waals surface area contributed by atoms with Crippen molar-refractivity contribution in [1.82, 2.24) is 4.31 Å². The summed E-state index contributed by atoms with van der Waals surface area (Å²) in [4.78, 5) is 10.7. The fourth-order valence-corrected chi connectivity index (χ4v) is 4.14. The lowest BCUT2D eigenvalue weighted by atomic mass is 9.92. The topological polar surface area (TPSA) is 74.7 Å². The maximum absolute atomic E-state index is 13.7. The number of sulfonamides is 1. The van der Waals surface area contributed by atoms with Gasteiger partial charge < -0.3 is 5.11 Å². The maximum atomic E-state index is 13.7. The molecule has 0 bridgehead atoms. The molecule has 1 aliphatic heterocycles. The number of nitrogens with zero attached hydrogens (tertiary/aromatic N) is 1. The van der Waals surface area contributed by atoms with E-state index in [1.807, 2.05) is 0 Å². The normalized spacial score (nSPS) is 24.5. The van der Waals surface area contributed by atoms with Crippen LogP contribution in [-0.2, 0) is 14.8 Å². The molecule has 1 aromatic carbocycles. The summed E-state index contributed by atoms with van der Waals surface area (Å²) in [7, 11) is -4.00. The molecule has 0 spiro atoms. The average Bonchev–Trinajstić information content (AvgIpc) is 2.38. The van der Waals surface area contributed by atoms with Crippen LogP contribution in [0.25, 0.3) is 0 Å². The molecule has 7 heteroatoms. The van der Waals surface area contributed by atoms with Gasteiger partial charge in [0.15, 0.2) is 0 Å². The first kappa shape index (κ1) is 14.9. The lowest BCUT2D eigenvalue weighted by Crippen LogP contribution is -2.45. The minimum Gasteiger partial charge on any atom is -0.481 e. The van der Waals surface area contributed by atoms with Gasteiger partial charge in [-0.05, 0) is 24.5 Å². The molecule has 2 atom stereocenters. The van der Waals surface area contributed by atoms with E-state index in [0.717, 1.165) is 10.4 Å². The zero-order valence-corrected chi connectivity index (χ0v) is 11.8. The van der Waals surface area contributed by atoms with Crippen LogP contribution in [0, 0.1) is 17.7 Å². The third-order valence-corrected chi connectivity index (χ3v) is 5.29. The summed E-state index contributed by atoms with van der Waals surface area (Å²) in [6, 6.07) is 5.12. The zero-order valence-electron chi connectivity index (χ0n) is 11.0. The largest absolute Gasteiger partial charge is 0.481 e. The second kappa shape index (κ2) is 5.49. The first-order chi connectivity index (χ1) is 9.32. The van der Waals surface area contributed by atoms with Crippen molar-refractivity contribution < 1.29 is 22.7 Å². The van der Waals surface area contributed by atoms with Crippen LogP contribution in [-0.4, -0.2) is 36.9 Å². The van der Waals surface area contributed by atoms with E-state index in [1.165, 1.54) is 18.2 Å². The maximum Gasteiger partial charge on any atom is 0.307 e. The van der Waals surface area contributed by atoms with Crippen LogP contribution in [0.2, 0.25) is 0 Å². The number of carboxylic acids is 1. The second-order valence-electron chi connectivity index (χ2n) is 5.13. The Balaban J connectivity index is 2.34. The van der Waals surface area contributed by atoms with Crippen molar-refractivity contribution in [2.24, 2.45) is 11.8 Å². The molecule has 20 heavy (non-hydrogen) atoms. The molecule has 1 fully saturated rings. The van der Waals surface area contributed by atoms with Gasteiger partial charge in [0.2, 0.25) is 10.0 Å². The van der Waals surface area contributed by atoms with E-state index in [9.17, 15) is 17.6 Å². The first-order valence-electron chi connectivity index (χ1n) is 6.30. The van der Waals surface area contributed by atoms with Gasteiger partial charge in [0.1, 0.15) is 10.7 Å². The van der Waals surface area contributed by atoms with E-state index in [2.05, 4.69) is 0 Å². The van der Waals surface area contributed by atoms with Gasteiger partial charge in [-0.25, -0.2) is 12.8 Å². The summed E-state index contributed by atoms with van der Waals surface area (Å²) in [5.74, 6) is -2.67. The smallest absolute Gasteiger partial charge is 0.307 e. The molecule has 0 aliphatic carbocycles. The van der Waals surface area contributed by atoms with Crippen LogP contribution < -0.4 is 0 Å². The summed E-state index contributed by atoms with van der Waals surface area (Å²) >= 11 is 0. The van der Waals surface area contributed by atoms with Gasteiger partial charge in [-0.1, -0.05) is 19.1 Å². The van der Waals surface area contributed by atoms with Gasteiger partial charge in [0.05, 0.1) is 5.92 Å². The van der Waals surface area contributed by atoms with Crippen molar-refractivity contribution in [2.45, 2.75) is 18.2 Å². The number of carboxylic acid groups (broad SMARTS) is 1. The summed E-state index contributed by atoms with van der Waals surface area (Å²) in [6.07, 6.45) is 0.429. The predicted octanol–water partition coefficient (Wildman–Crippen LogP) is 1.56. The van der Waals surface area contributed by atoms with Crippen molar-refractivity contribution >= 4 is 16.0 Å². The van der Waals surface area contributed by atoms with Crippen molar-refractivity contribution in [3.8, 4) is 0 Å². The highest BCUT2D eigenvalue weighted by atomic mass is 32.2. The van der Waals surface area contributed by atoms with Gasteiger partial charge in [-0.2, -0.15) is 4.31 Å². The molecule has 1 aliphatic rings. The summed E-state index contributed by atoms with van der Waals surface area (Å²) in [5, 5.41) is 9.07. The molecular formula is C13H16FNO4S. The summed E-state index contributed by atoms with van der Waals surface area (Å²) in [6.45, 7) is 1.88. The molecule has 1 aromatic rings. The van der Waals surface area contributed by atoms with Crippen LogP contribution >= 0.6 is 0 Å². The van der Waals surface area contributed by atoms with E-state index in [-0.39, 0.29) is 19.0 Å². The van der Waals surface area contributed by atoms with Crippen LogP contribution in [0.4, 0.5) is 4.39 Å². The number of hydrogen-bond acceptors (Lipinski definition) is 3. The highest BCUT2D eigenvalue weighted by Gasteiger charge is 2.37. The van der Waals surface area contributed by atoms with Crippen LogP contribution in [0.15, 0.2) is 29.2 Å². The molecule has 0 amide bonds. The van der Waals surface area contributed by atoms with Crippen molar-refractivity contribution in [3.05, 3.63) is 30.1 Å². The third kappa shape index (κ3) is 2.83. The highest BCUT2D eigenvalue weighted by Crippen LogP contribution is 2.28. The Labute approximate surface area is 117 Å². The highest BCUT2D eigenvalue weighted by molar-refractivity contribution is 7.89. The molecule has 0 radical (unpaired) electrons. The lowest BCUT2D eigenvalue weighted by molar-refractivity contribution is -0.143. The van der Waals surface area contributed by atoms with Gasteiger partial charge in [0.25, 0.3) is 0 Å². The number of aliphatic carboxylic acids is 1.